The maximum absolute atomic E-state index is 9.73. The van der Waals surface area contributed by atoms with E-state index in [4.69, 9.17) is 22.6 Å². The zero-order chi connectivity index (χ0) is 15.9. The molecule has 0 aliphatic heterocycles. The van der Waals surface area contributed by atoms with Crippen LogP contribution in [0.4, 0.5) is 0 Å². The summed E-state index contributed by atoms with van der Waals surface area (Å²) in [6.07, 6.45) is -0.682. The average Bonchev–Trinajstić information content (AvgIpc) is 2.27. The van der Waals surface area contributed by atoms with Crippen molar-refractivity contribution in [2.24, 2.45) is 0 Å². The first-order chi connectivity index (χ1) is 9.00. The molecule has 0 saturated heterocycles. The largest absolute Gasteiger partial charge is 0.504 e. The van der Waals surface area contributed by atoms with E-state index < -0.39 is 16.5 Å². The molecule has 0 heterocycles. The molecule has 0 aromatic heterocycles. The lowest BCUT2D eigenvalue weighted by Crippen LogP contribution is -2.27. The number of phenols is 2. The molecule has 11 heteroatoms. The van der Waals surface area contributed by atoms with Crippen molar-refractivity contribution >= 4 is 10.4 Å². The molecule has 1 aromatic carbocycles. The standard InChI is InChI=1S/C11H17NO3.H2O4S.2H2O/c1-7(2)12-6-11(15)8-3-4-9(13)10(14)5-8;1-5(2,3)4;;/h3-5,7,11-15H,6H2,1-2H3;(H2,1,2,3,4);2*1H2. The topological polar surface area (TPSA) is 210 Å². The van der Waals surface area contributed by atoms with Gasteiger partial charge in [-0.05, 0) is 17.7 Å². The van der Waals surface area contributed by atoms with Gasteiger partial charge in [-0.1, -0.05) is 19.9 Å². The Balaban J connectivity index is -0.000000452. The van der Waals surface area contributed by atoms with Gasteiger partial charge in [0.1, 0.15) is 0 Å². The Morgan fingerprint density at radius 1 is 1.09 bits per heavy atom. The minimum atomic E-state index is -4.67. The highest BCUT2D eigenvalue weighted by atomic mass is 32.3. The van der Waals surface area contributed by atoms with Gasteiger partial charge in [-0.25, -0.2) is 0 Å². The van der Waals surface area contributed by atoms with E-state index in [1.807, 2.05) is 13.8 Å². The lowest BCUT2D eigenvalue weighted by molar-refractivity contribution is 0.171. The SMILES string of the molecule is CC(C)NCC(O)c1ccc(O)c(O)c1.O.O.O=S(=O)(O)O. The van der Waals surface area contributed by atoms with Gasteiger partial charge in [0.25, 0.3) is 0 Å². The number of hydrogen-bond acceptors (Lipinski definition) is 6. The molecular weight excluding hydrogens is 322 g/mol. The van der Waals surface area contributed by atoms with Crippen LogP contribution in [0.15, 0.2) is 18.2 Å². The van der Waals surface area contributed by atoms with Gasteiger partial charge in [0, 0.05) is 12.6 Å². The van der Waals surface area contributed by atoms with Gasteiger partial charge in [0.05, 0.1) is 6.10 Å². The van der Waals surface area contributed by atoms with E-state index in [0.717, 1.165) is 0 Å². The lowest BCUT2D eigenvalue weighted by atomic mass is 10.1. The monoisotopic (exact) mass is 345 g/mol. The number of aliphatic hydroxyl groups excluding tert-OH is 1. The molecule has 0 fully saturated rings. The molecule has 0 radical (unpaired) electrons. The van der Waals surface area contributed by atoms with Crippen molar-refractivity contribution in [1.82, 2.24) is 5.32 Å². The Morgan fingerprint density at radius 2 is 1.55 bits per heavy atom. The van der Waals surface area contributed by atoms with Crippen LogP contribution < -0.4 is 5.32 Å². The summed E-state index contributed by atoms with van der Waals surface area (Å²) in [5.41, 5.74) is 0.582. The number of aromatic hydroxyl groups is 2. The quantitative estimate of drug-likeness (QED) is 0.288. The number of phenolic OH excluding ortho intramolecular Hbond substituents is 2. The Labute approximate surface area is 128 Å². The summed E-state index contributed by atoms with van der Waals surface area (Å²) in [5, 5.41) is 31.2. The first kappa shape index (κ1) is 25.5. The van der Waals surface area contributed by atoms with Crippen LogP contribution in [-0.2, 0) is 10.4 Å². The van der Waals surface area contributed by atoms with Gasteiger partial charge in [-0.3, -0.25) is 9.11 Å². The molecule has 0 bridgehead atoms. The summed E-state index contributed by atoms with van der Waals surface area (Å²) in [6, 6.07) is 4.61. The van der Waals surface area contributed by atoms with E-state index in [9.17, 15) is 10.2 Å². The predicted molar refractivity (Wildman–Crippen MR) is 79.3 cm³/mol. The van der Waals surface area contributed by atoms with Gasteiger partial charge in [-0.15, -0.1) is 0 Å². The van der Waals surface area contributed by atoms with Crippen LogP contribution >= 0.6 is 0 Å². The van der Waals surface area contributed by atoms with E-state index in [2.05, 4.69) is 5.32 Å². The Morgan fingerprint density at radius 3 is 1.91 bits per heavy atom. The van der Waals surface area contributed by atoms with Crippen molar-refractivity contribution in [3.63, 3.8) is 0 Å². The van der Waals surface area contributed by atoms with Gasteiger partial charge in [0.15, 0.2) is 11.5 Å². The van der Waals surface area contributed by atoms with E-state index in [0.29, 0.717) is 18.2 Å². The summed E-state index contributed by atoms with van der Waals surface area (Å²) in [6.45, 7) is 4.39. The maximum Gasteiger partial charge on any atom is 0.394 e. The highest BCUT2D eigenvalue weighted by Crippen LogP contribution is 2.27. The zero-order valence-electron chi connectivity index (χ0n) is 12.1. The van der Waals surface area contributed by atoms with Crippen molar-refractivity contribution < 1.29 is 43.8 Å². The number of rotatable bonds is 4. The van der Waals surface area contributed by atoms with Crippen molar-refractivity contribution in [3.8, 4) is 11.5 Å². The third-order valence-corrected chi connectivity index (χ3v) is 2.10. The fourth-order valence-corrected chi connectivity index (χ4v) is 1.21. The summed E-state index contributed by atoms with van der Waals surface area (Å²) < 4.78 is 31.6. The van der Waals surface area contributed by atoms with Crippen LogP contribution in [0.5, 0.6) is 11.5 Å². The minimum Gasteiger partial charge on any atom is -0.504 e. The lowest BCUT2D eigenvalue weighted by Gasteiger charge is -2.14. The molecule has 0 spiro atoms. The highest BCUT2D eigenvalue weighted by molar-refractivity contribution is 7.79. The van der Waals surface area contributed by atoms with Crippen molar-refractivity contribution in [2.75, 3.05) is 6.54 Å². The Bertz CT molecular complexity index is 510. The summed E-state index contributed by atoms with van der Waals surface area (Å²) >= 11 is 0. The third-order valence-electron chi connectivity index (χ3n) is 2.10. The van der Waals surface area contributed by atoms with Crippen LogP contribution in [0.3, 0.4) is 0 Å². The summed E-state index contributed by atoms with van der Waals surface area (Å²) in [7, 11) is -4.67. The van der Waals surface area contributed by atoms with Crippen LogP contribution in [0.25, 0.3) is 0 Å². The summed E-state index contributed by atoms with van der Waals surface area (Å²) in [5.74, 6) is -0.390. The number of aliphatic hydroxyl groups is 1. The first-order valence-corrected chi connectivity index (χ1v) is 7.03. The van der Waals surface area contributed by atoms with E-state index in [-0.39, 0.29) is 22.5 Å². The second-order valence-corrected chi connectivity index (χ2v) is 5.17. The van der Waals surface area contributed by atoms with Gasteiger partial charge < -0.3 is 31.6 Å². The molecule has 132 valence electrons. The van der Waals surface area contributed by atoms with Gasteiger partial charge >= 0.3 is 10.4 Å². The molecule has 10 N–H and O–H groups in total. The molecule has 1 rings (SSSR count). The van der Waals surface area contributed by atoms with Crippen molar-refractivity contribution in [1.29, 1.82) is 0 Å². The molecule has 1 atom stereocenters. The maximum atomic E-state index is 9.73. The van der Waals surface area contributed by atoms with Crippen molar-refractivity contribution in [3.05, 3.63) is 23.8 Å². The predicted octanol–water partition coefficient (Wildman–Crippen LogP) is -1.17. The smallest absolute Gasteiger partial charge is 0.394 e. The van der Waals surface area contributed by atoms with E-state index in [1.54, 1.807) is 6.07 Å². The normalized spacial score (nSPS) is 11.5. The van der Waals surface area contributed by atoms with E-state index in [1.165, 1.54) is 12.1 Å². The zero-order valence-corrected chi connectivity index (χ0v) is 12.9. The molecule has 0 aliphatic carbocycles. The summed E-state index contributed by atoms with van der Waals surface area (Å²) in [4.78, 5) is 0. The Kier molecular flexibility index (Phi) is 12.9. The molecule has 0 amide bonds. The second kappa shape index (κ2) is 11.1. The molecule has 0 aliphatic rings. The second-order valence-electron chi connectivity index (χ2n) is 4.27. The molecule has 1 aromatic rings. The van der Waals surface area contributed by atoms with Crippen molar-refractivity contribution in [2.45, 2.75) is 26.0 Å². The highest BCUT2D eigenvalue weighted by Gasteiger charge is 2.10. The molecule has 22 heavy (non-hydrogen) atoms. The molecule has 1 unspecified atom stereocenters. The fraction of sp³-hybridized carbons (Fsp3) is 0.455. The molecule has 10 nitrogen and oxygen atoms in total. The number of nitrogens with one attached hydrogen (secondary N) is 1. The van der Waals surface area contributed by atoms with Crippen LogP contribution in [0.1, 0.15) is 25.5 Å². The Hall–Kier alpha value is -1.47. The van der Waals surface area contributed by atoms with Gasteiger partial charge in [0.2, 0.25) is 0 Å². The molecular formula is C11H23NO9S. The first-order valence-electron chi connectivity index (χ1n) is 5.64. The number of benzene rings is 1. The van der Waals surface area contributed by atoms with Crippen LogP contribution in [-0.4, -0.2) is 56.4 Å². The number of hydrogen-bond donors (Lipinski definition) is 6. The van der Waals surface area contributed by atoms with E-state index >= 15 is 0 Å². The van der Waals surface area contributed by atoms with Gasteiger partial charge in [-0.2, -0.15) is 8.42 Å². The molecule has 0 saturated carbocycles. The van der Waals surface area contributed by atoms with Crippen LogP contribution in [0, 0.1) is 0 Å². The third kappa shape index (κ3) is 13.5. The minimum absolute atomic E-state index is 0. The average molecular weight is 345 g/mol. The fourth-order valence-electron chi connectivity index (χ4n) is 1.21. The van der Waals surface area contributed by atoms with Crippen LogP contribution in [0.2, 0.25) is 0 Å².